The number of halogens is 1. The van der Waals surface area contributed by atoms with Crippen LogP contribution in [-0.2, 0) is 0 Å². The van der Waals surface area contributed by atoms with Gasteiger partial charge in [0, 0.05) is 26.2 Å². The predicted octanol–water partition coefficient (Wildman–Crippen LogP) is 3.94. The Bertz CT molecular complexity index is 993. The van der Waals surface area contributed by atoms with Gasteiger partial charge in [0.25, 0.3) is 5.91 Å². The Kier molecular flexibility index (Phi) is 6.24. The van der Waals surface area contributed by atoms with Crippen LogP contribution >= 0.6 is 11.3 Å². The molecule has 0 bridgehead atoms. The molecule has 0 aliphatic carbocycles. The van der Waals surface area contributed by atoms with E-state index in [2.05, 4.69) is 28.8 Å². The first-order chi connectivity index (χ1) is 14.5. The fraction of sp³-hybridized carbons (Fsp3) is 0.409. The normalized spacial score (nSPS) is 15.1. The highest BCUT2D eigenvalue weighted by molar-refractivity contribution is 7.13. The van der Waals surface area contributed by atoms with Crippen LogP contribution in [-0.4, -0.2) is 63.2 Å². The molecule has 0 N–H and O–H groups in total. The van der Waals surface area contributed by atoms with Crippen molar-refractivity contribution in [1.82, 2.24) is 24.6 Å². The van der Waals surface area contributed by atoms with Gasteiger partial charge in [-0.05, 0) is 48.5 Å². The van der Waals surface area contributed by atoms with Crippen molar-refractivity contribution in [3.05, 3.63) is 53.4 Å². The number of hydrogen-bond donors (Lipinski definition) is 0. The Morgan fingerprint density at radius 3 is 2.63 bits per heavy atom. The van der Waals surface area contributed by atoms with Crippen molar-refractivity contribution in [2.75, 3.05) is 32.7 Å². The van der Waals surface area contributed by atoms with Gasteiger partial charge in [-0.1, -0.05) is 26.0 Å². The van der Waals surface area contributed by atoms with E-state index in [1.807, 2.05) is 22.4 Å². The molecule has 158 valence electrons. The number of hydrogen-bond acceptors (Lipinski definition) is 5. The van der Waals surface area contributed by atoms with Crippen molar-refractivity contribution in [2.24, 2.45) is 5.92 Å². The average molecular weight is 428 g/mol. The van der Waals surface area contributed by atoms with E-state index in [1.54, 1.807) is 16.8 Å². The maximum atomic E-state index is 13.8. The number of carbonyl (C=O) groups is 1. The van der Waals surface area contributed by atoms with Crippen LogP contribution in [0.25, 0.3) is 16.4 Å². The molecule has 2 aromatic heterocycles. The standard InChI is InChI=1S/C22H26FN5OS/c1-16(2)8-9-26-10-12-27(13-11-26)22(29)20-24-21(19-7-4-14-30-19)28(25-20)18-6-3-5-17(23)15-18/h3-7,14-16H,8-13H2,1-2H3. The van der Waals surface area contributed by atoms with Gasteiger partial charge in [-0.2, -0.15) is 0 Å². The highest BCUT2D eigenvalue weighted by atomic mass is 32.1. The van der Waals surface area contributed by atoms with Crippen molar-refractivity contribution in [2.45, 2.75) is 20.3 Å². The molecule has 0 atom stereocenters. The highest BCUT2D eigenvalue weighted by Gasteiger charge is 2.27. The van der Waals surface area contributed by atoms with Gasteiger partial charge >= 0.3 is 0 Å². The summed E-state index contributed by atoms with van der Waals surface area (Å²) < 4.78 is 15.4. The summed E-state index contributed by atoms with van der Waals surface area (Å²) in [5, 5.41) is 6.41. The number of piperazine rings is 1. The molecule has 1 aromatic carbocycles. The smallest absolute Gasteiger partial charge is 0.293 e. The summed E-state index contributed by atoms with van der Waals surface area (Å²) in [7, 11) is 0. The summed E-state index contributed by atoms with van der Waals surface area (Å²) in [6.07, 6.45) is 1.16. The van der Waals surface area contributed by atoms with Crippen molar-refractivity contribution >= 4 is 17.2 Å². The minimum absolute atomic E-state index is 0.151. The zero-order chi connectivity index (χ0) is 21.1. The molecule has 1 aliphatic heterocycles. The first-order valence-electron chi connectivity index (χ1n) is 10.3. The van der Waals surface area contributed by atoms with Gasteiger partial charge in [0.1, 0.15) is 5.82 Å². The number of benzene rings is 1. The Balaban J connectivity index is 1.55. The zero-order valence-corrected chi connectivity index (χ0v) is 18.1. The van der Waals surface area contributed by atoms with E-state index in [0.29, 0.717) is 30.5 Å². The molecule has 4 rings (SSSR count). The summed E-state index contributed by atoms with van der Waals surface area (Å²) in [6.45, 7) is 8.58. The minimum Gasteiger partial charge on any atom is -0.333 e. The number of amides is 1. The highest BCUT2D eigenvalue weighted by Crippen LogP contribution is 2.26. The van der Waals surface area contributed by atoms with Crippen LogP contribution in [0.2, 0.25) is 0 Å². The molecule has 0 radical (unpaired) electrons. The molecule has 1 saturated heterocycles. The second-order valence-electron chi connectivity index (χ2n) is 7.94. The van der Waals surface area contributed by atoms with Crippen LogP contribution in [0.15, 0.2) is 41.8 Å². The molecule has 0 spiro atoms. The minimum atomic E-state index is -0.356. The van der Waals surface area contributed by atoms with Crippen molar-refractivity contribution < 1.29 is 9.18 Å². The van der Waals surface area contributed by atoms with Crippen LogP contribution in [0.4, 0.5) is 4.39 Å². The first-order valence-corrected chi connectivity index (χ1v) is 11.2. The topological polar surface area (TPSA) is 54.3 Å². The van der Waals surface area contributed by atoms with Crippen LogP contribution in [0, 0.1) is 11.7 Å². The summed E-state index contributed by atoms with van der Waals surface area (Å²) in [6, 6.07) is 10.0. The third-order valence-electron chi connectivity index (χ3n) is 5.27. The maximum absolute atomic E-state index is 13.8. The summed E-state index contributed by atoms with van der Waals surface area (Å²) >= 11 is 1.51. The van der Waals surface area contributed by atoms with E-state index in [-0.39, 0.29) is 17.5 Å². The SMILES string of the molecule is CC(C)CCN1CCN(C(=O)c2nc(-c3cccs3)n(-c3cccc(F)c3)n2)CC1. The maximum Gasteiger partial charge on any atom is 0.293 e. The molecule has 30 heavy (non-hydrogen) atoms. The number of rotatable bonds is 6. The summed E-state index contributed by atoms with van der Waals surface area (Å²) in [5.41, 5.74) is 0.545. The Labute approximate surface area is 180 Å². The van der Waals surface area contributed by atoms with Crippen molar-refractivity contribution in [3.8, 4) is 16.4 Å². The van der Waals surface area contributed by atoms with Gasteiger partial charge in [0.15, 0.2) is 5.82 Å². The largest absolute Gasteiger partial charge is 0.333 e. The van der Waals surface area contributed by atoms with Crippen LogP contribution < -0.4 is 0 Å². The number of nitrogens with zero attached hydrogens (tertiary/aromatic N) is 5. The Morgan fingerprint density at radius 1 is 1.17 bits per heavy atom. The van der Waals surface area contributed by atoms with Gasteiger partial charge < -0.3 is 4.90 Å². The van der Waals surface area contributed by atoms with E-state index >= 15 is 0 Å². The molecule has 1 fully saturated rings. The van der Waals surface area contributed by atoms with Gasteiger partial charge in [0.2, 0.25) is 5.82 Å². The molecule has 1 amide bonds. The molecular formula is C22H26FN5OS. The zero-order valence-electron chi connectivity index (χ0n) is 17.3. The lowest BCUT2D eigenvalue weighted by Crippen LogP contribution is -2.49. The summed E-state index contributed by atoms with van der Waals surface area (Å²) in [5.74, 6) is 0.848. The molecule has 8 heteroatoms. The van der Waals surface area contributed by atoms with E-state index < -0.39 is 0 Å². The lowest BCUT2D eigenvalue weighted by Gasteiger charge is -2.34. The molecule has 3 heterocycles. The lowest BCUT2D eigenvalue weighted by molar-refractivity contribution is 0.0620. The second-order valence-corrected chi connectivity index (χ2v) is 8.89. The van der Waals surface area contributed by atoms with Gasteiger partial charge in [-0.25, -0.2) is 14.1 Å². The monoisotopic (exact) mass is 427 g/mol. The van der Waals surface area contributed by atoms with Crippen LogP contribution in [0.1, 0.15) is 30.9 Å². The third-order valence-corrected chi connectivity index (χ3v) is 6.14. The van der Waals surface area contributed by atoms with E-state index in [4.69, 9.17) is 0 Å². The molecule has 1 aliphatic rings. The first kappa shape index (κ1) is 20.7. The second kappa shape index (κ2) is 9.06. The molecular weight excluding hydrogens is 401 g/mol. The fourth-order valence-corrected chi connectivity index (χ4v) is 4.21. The number of aromatic nitrogens is 3. The number of thiophene rings is 1. The van der Waals surface area contributed by atoms with Crippen LogP contribution in [0.3, 0.4) is 0 Å². The predicted molar refractivity (Wildman–Crippen MR) is 116 cm³/mol. The van der Waals surface area contributed by atoms with Crippen molar-refractivity contribution in [3.63, 3.8) is 0 Å². The lowest BCUT2D eigenvalue weighted by atomic mass is 10.1. The third kappa shape index (κ3) is 4.60. The number of carbonyl (C=O) groups excluding carboxylic acids is 1. The van der Waals surface area contributed by atoms with Crippen LogP contribution in [0.5, 0.6) is 0 Å². The Morgan fingerprint density at radius 2 is 1.97 bits per heavy atom. The Hall–Kier alpha value is -2.58. The quantitative estimate of drug-likeness (QED) is 0.598. The van der Waals surface area contributed by atoms with Gasteiger partial charge in [0.05, 0.1) is 10.6 Å². The van der Waals surface area contributed by atoms with E-state index in [0.717, 1.165) is 30.9 Å². The molecule has 3 aromatic rings. The van der Waals surface area contributed by atoms with E-state index in [9.17, 15) is 9.18 Å². The van der Waals surface area contributed by atoms with Gasteiger partial charge in [-0.15, -0.1) is 16.4 Å². The van der Waals surface area contributed by atoms with Gasteiger partial charge in [-0.3, -0.25) is 9.69 Å². The average Bonchev–Trinajstić information content (AvgIpc) is 3.42. The molecule has 0 saturated carbocycles. The fourth-order valence-electron chi connectivity index (χ4n) is 3.51. The molecule has 6 nitrogen and oxygen atoms in total. The summed E-state index contributed by atoms with van der Waals surface area (Å²) in [4.78, 5) is 22.7. The van der Waals surface area contributed by atoms with E-state index in [1.165, 1.54) is 23.5 Å². The molecule has 0 unspecified atom stereocenters. The van der Waals surface area contributed by atoms with Crippen molar-refractivity contribution in [1.29, 1.82) is 0 Å².